The second kappa shape index (κ2) is 7.11. The molecule has 18 heavy (non-hydrogen) atoms. The van der Waals surface area contributed by atoms with Crippen LogP contribution in [0.15, 0.2) is 12.1 Å². The SMILES string of the molecule is CCNCc1ccc(CN(CC)CC(F)(F)F)s1. The van der Waals surface area contributed by atoms with Crippen LogP contribution in [-0.4, -0.2) is 30.7 Å². The maximum atomic E-state index is 12.3. The molecule has 0 bridgehead atoms. The van der Waals surface area contributed by atoms with Crippen LogP contribution in [0.25, 0.3) is 0 Å². The Balaban J connectivity index is 2.51. The minimum Gasteiger partial charge on any atom is -0.312 e. The first-order valence-electron chi connectivity index (χ1n) is 6.02. The van der Waals surface area contributed by atoms with Crippen LogP contribution in [-0.2, 0) is 13.1 Å². The summed E-state index contributed by atoms with van der Waals surface area (Å²) in [4.78, 5) is 3.55. The molecule has 0 spiro atoms. The summed E-state index contributed by atoms with van der Waals surface area (Å²) in [6.07, 6.45) is -4.13. The lowest BCUT2D eigenvalue weighted by Crippen LogP contribution is -2.33. The Hall–Kier alpha value is -0.590. The molecule has 0 aliphatic rings. The van der Waals surface area contributed by atoms with Gasteiger partial charge in [0.15, 0.2) is 0 Å². The van der Waals surface area contributed by atoms with Gasteiger partial charge in [0, 0.05) is 22.8 Å². The van der Waals surface area contributed by atoms with Crippen molar-refractivity contribution in [2.45, 2.75) is 33.1 Å². The Kier molecular flexibility index (Phi) is 6.11. The summed E-state index contributed by atoms with van der Waals surface area (Å²) in [5.41, 5.74) is 0. The van der Waals surface area contributed by atoms with E-state index in [1.165, 1.54) is 4.90 Å². The van der Waals surface area contributed by atoms with Crippen molar-refractivity contribution in [3.8, 4) is 0 Å². The van der Waals surface area contributed by atoms with Gasteiger partial charge >= 0.3 is 6.18 Å². The second-order valence-corrected chi connectivity index (χ2v) is 5.32. The smallest absolute Gasteiger partial charge is 0.312 e. The van der Waals surface area contributed by atoms with Gasteiger partial charge in [0.1, 0.15) is 0 Å². The minimum atomic E-state index is -4.13. The topological polar surface area (TPSA) is 15.3 Å². The van der Waals surface area contributed by atoms with E-state index in [1.807, 2.05) is 19.1 Å². The number of rotatable bonds is 7. The molecular weight excluding hydrogens is 261 g/mol. The number of thiophene rings is 1. The van der Waals surface area contributed by atoms with Crippen molar-refractivity contribution in [3.63, 3.8) is 0 Å². The lowest BCUT2D eigenvalue weighted by molar-refractivity contribution is -0.146. The first-order chi connectivity index (χ1) is 8.44. The summed E-state index contributed by atoms with van der Waals surface area (Å²) in [5.74, 6) is 0. The molecule has 0 aliphatic carbocycles. The molecule has 1 rings (SSSR count). The summed E-state index contributed by atoms with van der Waals surface area (Å²) < 4.78 is 37.0. The zero-order chi connectivity index (χ0) is 13.6. The molecule has 0 fully saturated rings. The highest BCUT2D eigenvalue weighted by Gasteiger charge is 2.30. The normalized spacial score (nSPS) is 12.3. The zero-order valence-corrected chi connectivity index (χ0v) is 11.5. The number of hydrogen-bond acceptors (Lipinski definition) is 3. The standard InChI is InChI=1S/C12H19F3N2S/c1-3-16-7-10-5-6-11(18-10)8-17(4-2)9-12(13,14)15/h5-6,16H,3-4,7-9H2,1-2H3. The van der Waals surface area contributed by atoms with Crippen LogP contribution in [0.1, 0.15) is 23.6 Å². The lowest BCUT2D eigenvalue weighted by Gasteiger charge is -2.20. The predicted octanol–water partition coefficient (Wildman–Crippen LogP) is 3.24. The Morgan fingerprint density at radius 2 is 1.89 bits per heavy atom. The number of halogens is 3. The molecule has 1 aromatic rings. The highest BCUT2D eigenvalue weighted by atomic mass is 32.1. The highest BCUT2D eigenvalue weighted by Crippen LogP contribution is 2.21. The van der Waals surface area contributed by atoms with Gasteiger partial charge in [-0.05, 0) is 25.2 Å². The molecule has 0 atom stereocenters. The van der Waals surface area contributed by atoms with Gasteiger partial charge in [0.25, 0.3) is 0 Å². The van der Waals surface area contributed by atoms with E-state index in [2.05, 4.69) is 5.32 Å². The van der Waals surface area contributed by atoms with E-state index < -0.39 is 12.7 Å². The van der Waals surface area contributed by atoms with Crippen LogP contribution in [0, 0.1) is 0 Å². The van der Waals surface area contributed by atoms with Crippen molar-refractivity contribution in [2.75, 3.05) is 19.6 Å². The van der Waals surface area contributed by atoms with Gasteiger partial charge in [-0.15, -0.1) is 11.3 Å². The summed E-state index contributed by atoms with van der Waals surface area (Å²) in [6.45, 7) is 5.38. The van der Waals surface area contributed by atoms with Gasteiger partial charge in [0.05, 0.1) is 6.54 Å². The van der Waals surface area contributed by atoms with Gasteiger partial charge in [0.2, 0.25) is 0 Å². The third-order valence-electron chi connectivity index (χ3n) is 2.50. The molecule has 1 heterocycles. The van der Waals surface area contributed by atoms with Crippen LogP contribution in [0.5, 0.6) is 0 Å². The van der Waals surface area contributed by atoms with Crippen molar-refractivity contribution in [3.05, 3.63) is 21.9 Å². The molecule has 0 aromatic carbocycles. The number of nitrogens with one attached hydrogen (secondary N) is 1. The molecule has 6 heteroatoms. The van der Waals surface area contributed by atoms with Crippen molar-refractivity contribution < 1.29 is 13.2 Å². The fraction of sp³-hybridized carbons (Fsp3) is 0.667. The molecule has 0 radical (unpaired) electrons. The number of hydrogen-bond donors (Lipinski definition) is 1. The van der Waals surface area contributed by atoms with Crippen LogP contribution in [0.4, 0.5) is 13.2 Å². The quantitative estimate of drug-likeness (QED) is 0.825. The molecule has 0 saturated carbocycles. The van der Waals surface area contributed by atoms with Crippen molar-refractivity contribution >= 4 is 11.3 Å². The van der Waals surface area contributed by atoms with Crippen LogP contribution >= 0.6 is 11.3 Å². The maximum Gasteiger partial charge on any atom is 0.401 e. The molecule has 2 nitrogen and oxygen atoms in total. The number of alkyl halides is 3. The number of nitrogens with zero attached hydrogens (tertiary/aromatic N) is 1. The lowest BCUT2D eigenvalue weighted by atomic mass is 10.3. The van der Waals surface area contributed by atoms with E-state index in [1.54, 1.807) is 18.3 Å². The van der Waals surface area contributed by atoms with Gasteiger partial charge in [-0.1, -0.05) is 13.8 Å². The fourth-order valence-electron chi connectivity index (χ4n) is 1.60. The van der Waals surface area contributed by atoms with Crippen molar-refractivity contribution in [2.24, 2.45) is 0 Å². The molecule has 1 aromatic heterocycles. The summed E-state index contributed by atoms with van der Waals surface area (Å²) >= 11 is 1.57. The molecular formula is C12H19F3N2S. The third-order valence-corrected chi connectivity index (χ3v) is 3.57. The van der Waals surface area contributed by atoms with E-state index in [9.17, 15) is 13.2 Å². The van der Waals surface area contributed by atoms with Crippen molar-refractivity contribution in [1.82, 2.24) is 10.2 Å². The minimum absolute atomic E-state index is 0.368. The van der Waals surface area contributed by atoms with Crippen molar-refractivity contribution in [1.29, 1.82) is 0 Å². The van der Waals surface area contributed by atoms with Gasteiger partial charge in [-0.2, -0.15) is 13.2 Å². The predicted molar refractivity (Wildman–Crippen MR) is 68.7 cm³/mol. The van der Waals surface area contributed by atoms with E-state index in [4.69, 9.17) is 0 Å². The Morgan fingerprint density at radius 1 is 1.22 bits per heavy atom. The summed E-state index contributed by atoms with van der Waals surface area (Å²) in [6, 6.07) is 3.89. The average molecular weight is 280 g/mol. The van der Waals surface area contributed by atoms with Gasteiger partial charge in [-0.3, -0.25) is 4.90 Å². The largest absolute Gasteiger partial charge is 0.401 e. The fourth-order valence-corrected chi connectivity index (χ4v) is 2.63. The highest BCUT2D eigenvalue weighted by molar-refractivity contribution is 7.11. The molecule has 0 saturated heterocycles. The molecule has 1 N–H and O–H groups in total. The second-order valence-electron chi connectivity index (χ2n) is 4.07. The van der Waals surface area contributed by atoms with Crippen LogP contribution < -0.4 is 5.32 Å². The Bertz CT molecular complexity index is 349. The summed E-state index contributed by atoms with van der Waals surface area (Å²) in [5, 5.41) is 3.20. The maximum absolute atomic E-state index is 12.3. The van der Waals surface area contributed by atoms with E-state index in [0.29, 0.717) is 13.1 Å². The molecule has 104 valence electrons. The summed E-state index contributed by atoms with van der Waals surface area (Å²) in [7, 11) is 0. The van der Waals surface area contributed by atoms with E-state index in [-0.39, 0.29) is 0 Å². The van der Waals surface area contributed by atoms with E-state index in [0.717, 1.165) is 22.8 Å². The first kappa shape index (κ1) is 15.5. The Morgan fingerprint density at radius 3 is 2.44 bits per heavy atom. The Labute approximate surface area is 110 Å². The average Bonchev–Trinajstić information content (AvgIpc) is 2.71. The molecule has 0 aliphatic heterocycles. The monoisotopic (exact) mass is 280 g/mol. The van der Waals surface area contributed by atoms with Crippen LogP contribution in [0.2, 0.25) is 0 Å². The zero-order valence-electron chi connectivity index (χ0n) is 10.7. The van der Waals surface area contributed by atoms with Gasteiger partial charge < -0.3 is 5.32 Å². The molecule has 0 amide bonds. The van der Waals surface area contributed by atoms with E-state index >= 15 is 0 Å². The van der Waals surface area contributed by atoms with Gasteiger partial charge in [-0.25, -0.2) is 0 Å². The first-order valence-corrected chi connectivity index (χ1v) is 6.83. The van der Waals surface area contributed by atoms with Crippen LogP contribution in [0.3, 0.4) is 0 Å². The third kappa shape index (κ3) is 5.84. The molecule has 0 unspecified atom stereocenters.